The molecule has 0 aromatic rings. The minimum Gasteiger partial charge on any atom is -0.370 e. The van der Waals surface area contributed by atoms with Crippen molar-refractivity contribution < 1.29 is 9.90 Å². The summed E-state index contributed by atoms with van der Waals surface area (Å²) in [5.41, 5.74) is 0. The van der Waals surface area contributed by atoms with Crippen LogP contribution in [0, 0.1) is 5.92 Å². The summed E-state index contributed by atoms with van der Waals surface area (Å²) in [7, 11) is 0. The second-order valence-corrected chi connectivity index (χ2v) is 3.23. The Bertz CT molecular complexity index is 231. The molecule has 0 amide bonds. The molecule has 1 N–H and O–H groups in total. The van der Waals surface area contributed by atoms with Gasteiger partial charge >= 0.3 is 0 Å². The molecule has 1 aliphatic rings. The standard InChI is InChI=1S/C7H6Cl2O2/c8-6(10)5-3-1-2-4-7(5,9)11/h1-5,11H. The van der Waals surface area contributed by atoms with Gasteiger partial charge in [-0.05, 0) is 17.7 Å². The van der Waals surface area contributed by atoms with Crippen molar-refractivity contribution in [2.45, 2.75) is 5.06 Å². The van der Waals surface area contributed by atoms with Crippen molar-refractivity contribution in [1.82, 2.24) is 0 Å². The largest absolute Gasteiger partial charge is 0.370 e. The Hall–Kier alpha value is -0.310. The number of carbonyl (C=O) groups excluding carboxylic acids is 1. The first-order valence-electron chi connectivity index (χ1n) is 3.01. The summed E-state index contributed by atoms with van der Waals surface area (Å²) < 4.78 is 0. The van der Waals surface area contributed by atoms with Gasteiger partial charge < -0.3 is 5.11 Å². The third-order valence-corrected chi connectivity index (χ3v) is 2.02. The molecule has 0 aromatic heterocycles. The molecule has 1 aliphatic carbocycles. The summed E-state index contributed by atoms with van der Waals surface area (Å²) in [5, 5.41) is 7.00. The van der Waals surface area contributed by atoms with E-state index in [9.17, 15) is 9.90 Å². The molecule has 0 aromatic carbocycles. The molecule has 1 rings (SSSR count). The fourth-order valence-electron chi connectivity index (χ4n) is 0.839. The topological polar surface area (TPSA) is 37.3 Å². The molecular weight excluding hydrogens is 187 g/mol. The molecule has 60 valence electrons. The Morgan fingerprint density at radius 2 is 2.18 bits per heavy atom. The van der Waals surface area contributed by atoms with Gasteiger partial charge in [-0.15, -0.1) is 0 Å². The van der Waals surface area contributed by atoms with Crippen molar-refractivity contribution in [3.63, 3.8) is 0 Å². The van der Waals surface area contributed by atoms with Gasteiger partial charge in [0.25, 0.3) is 0 Å². The average molecular weight is 193 g/mol. The molecule has 4 heteroatoms. The van der Waals surface area contributed by atoms with E-state index in [0.29, 0.717) is 0 Å². The van der Waals surface area contributed by atoms with Crippen molar-refractivity contribution in [1.29, 1.82) is 0 Å². The normalized spacial score (nSPS) is 35.7. The monoisotopic (exact) mass is 192 g/mol. The van der Waals surface area contributed by atoms with Crippen LogP contribution in [0.4, 0.5) is 0 Å². The number of rotatable bonds is 1. The number of hydrogen-bond donors (Lipinski definition) is 1. The van der Waals surface area contributed by atoms with E-state index in [1.807, 2.05) is 0 Å². The van der Waals surface area contributed by atoms with Crippen LogP contribution in [0.15, 0.2) is 24.3 Å². The highest BCUT2D eigenvalue weighted by atomic mass is 35.5. The van der Waals surface area contributed by atoms with E-state index in [0.717, 1.165) is 0 Å². The average Bonchev–Trinajstić information content (AvgIpc) is 1.85. The van der Waals surface area contributed by atoms with E-state index < -0.39 is 16.2 Å². The highest BCUT2D eigenvalue weighted by Crippen LogP contribution is 2.29. The van der Waals surface area contributed by atoms with Crippen LogP contribution in [0.2, 0.25) is 0 Å². The molecule has 2 atom stereocenters. The third kappa shape index (κ3) is 1.83. The van der Waals surface area contributed by atoms with Gasteiger partial charge in [0.05, 0.1) is 5.92 Å². The molecule has 0 radical (unpaired) electrons. The molecule has 0 bridgehead atoms. The zero-order valence-corrected chi connectivity index (χ0v) is 7.01. The van der Waals surface area contributed by atoms with Crippen LogP contribution >= 0.6 is 23.2 Å². The molecule has 11 heavy (non-hydrogen) atoms. The van der Waals surface area contributed by atoms with E-state index in [2.05, 4.69) is 0 Å². The molecule has 0 spiro atoms. The van der Waals surface area contributed by atoms with Crippen LogP contribution in [-0.2, 0) is 4.79 Å². The Labute approximate surface area is 74.1 Å². The molecule has 0 saturated heterocycles. The number of allylic oxidation sites excluding steroid dienone is 2. The van der Waals surface area contributed by atoms with Gasteiger partial charge in [0.1, 0.15) is 0 Å². The number of carbonyl (C=O) groups is 1. The quantitative estimate of drug-likeness (QED) is 0.505. The number of halogens is 2. The summed E-state index contributed by atoms with van der Waals surface area (Å²) in [6.07, 6.45) is 5.95. The lowest BCUT2D eigenvalue weighted by molar-refractivity contribution is -0.116. The van der Waals surface area contributed by atoms with Crippen molar-refractivity contribution in [3.05, 3.63) is 24.3 Å². The second kappa shape index (κ2) is 2.97. The molecule has 0 heterocycles. The summed E-state index contributed by atoms with van der Waals surface area (Å²) in [4.78, 5) is 10.7. The zero-order chi connectivity index (χ0) is 8.48. The van der Waals surface area contributed by atoms with E-state index in [1.54, 1.807) is 12.2 Å². The maximum atomic E-state index is 10.7. The van der Waals surface area contributed by atoms with Gasteiger partial charge in [0.2, 0.25) is 5.24 Å². The van der Waals surface area contributed by atoms with Gasteiger partial charge in [0, 0.05) is 0 Å². The fourth-order valence-corrected chi connectivity index (χ4v) is 1.38. The van der Waals surface area contributed by atoms with Gasteiger partial charge in [-0.25, -0.2) is 0 Å². The van der Waals surface area contributed by atoms with Crippen molar-refractivity contribution in [2.24, 2.45) is 5.92 Å². The summed E-state index contributed by atoms with van der Waals surface area (Å²) in [6, 6.07) is 0. The summed E-state index contributed by atoms with van der Waals surface area (Å²) in [5.74, 6) is -0.851. The predicted molar refractivity (Wildman–Crippen MR) is 43.4 cm³/mol. The molecular formula is C7H6Cl2O2. The van der Waals surface area contributed by atoms with Crippen molar-refractivity contribution in [2.75, 3.05) is 0 Å². The van der Waals surface area contributed by atoms with E-state index in [4.69, 9.17) is 23.2 Å². The first kappa shape index (κ1) is 8.78. The van der Waals surface area contributed by atoms with Gasteiger partial charge in [-0.2, -0.15) is 0 Å². The first-order chi connectivity index (χ1) is 5.04. The number of alkyl halides is 1. The highest BCUT2D eigenvalue weighted by Gasteiger charge is 2.35. The maximum Gasteiger partial charge on any atom is 0.233 e. The second-order valence-electron chi connectivity index (χ2n) is 2.25. The third-order valence-electron chi connectivity index (χ3n) is 1.43. The highest BCUT2D eigenvalue weighted by molar-refractivity contribution is 6.64. The summed E-state index contributed by atoms with van der Waals surface area (Å²) >= 11 is 10.7. The molecule has 0 fully saturated rings. The van der Waals surface area contributed by atoms with Crippen molar-refractivity contribution >= 4 is 28.4 Å². The van der Waals surface area contributed by atoms with Gasteiger partial charge in [0.15, 0.2) is 5.06 Å². The van der Waals surface area contributed by atoms with Crippen LogP contribution in [-0.4, -0.2) is 15.4 Å². The zero-order valence-electron chi connectivity index (χ0n) is 5.50. The lowest BCUT2D eigenvalue weighted by atomic mass is 9.99. The lowest BCUT2D eigenvalue weighted by Gasteiger charge is -2.23. The molecule has 0 saturated carbocycles. The maximum absolute atomic E-state index is 10.7. The molecule has 2 nitrogen and oxygen atoms in total. The molecule has 2 unspecified atom stereocenters. The SMILES string of the molecule is O=C(Cl)C1C=CC=CC1(O)Cl. The Morgan fingerprint density at radius 1 is 1.55 bits per heavy atom. The number of hydrogen-bond acceptors (Lipinski definition) is 2. The van der Waals surface area contributed by atoms with E-state index in [-0.39, 0.29) is 0 Å². The van der Waals surface area contributed by atoms with Gasteiger partial charge in [-0.1, -0.05) is 29.8 Å². The van der Waals surface area contributed by atoms with Crippen LogP contribution in [0.1, 0.15) is 0 Å². The fraction of sp³-hybridized carbons (Fsp3) is 0.286. The smallest absolute Gasteiger partial charge is 0.233 e. The van der Waals surface area contributed by atoms with Gasteiger partial charge in [-0.3, -0.25) is 4.79 Å². The van der Waals surface area contributed by atoms with Crippen molar-refractivity contribution in [3.8, 4) is 0 Å². The number of aliphatic hydroxyl groups is 1. The lowest BCUT2D eigenvalue weighted by Crippen LogP contribution is -2.33. The van der Waals surface area contributed by atoms with Crippen LogP contribution in [0.3, 0.4) is 0 Å². The predicted octanol–water partition coefficient (Wildman–Crippen LogP) is 1.42. The summed E-state index contributed by atoms with van der Waals surface area (Å²) in [6.45, 7) is 0. The minimum absolute atomic E-state index is 0.664. The Balaban J connectivity index is 2.89. The Kier molecular flexibility index (Phi) is 2.37. The van der Waals surface area contributed by atoms with Crippen LogP contribution in [0.25, 0.3) is 0 Å². The van der Waals surface area contributed by atoms with Crippen LogP contribution < -0.4 is 0 Å². The Morgan fingerprint density at radius 3 is 2.55 bits per heavy atom. The first-order valence-corrected chi connectivity index (χ1v) is 3.76. The molecule has 0 aliphatic heterocycles. The van der Waals surface area contributed by atoms with Crippen LogP contribution in [0.5, 0.6) is 0 Å². The minimum atomic E-state index is -1.66. The van der Waals surface area contributed by atoms with E-state index >= 15 is 0 Å². The van der Waals surface area contributed by atoms with E-state index in [1.165, 1.54) is 12.2 Å².